The third-order valence-corrected chi connectivity index (χ3v) is 3.50. The summed E-state index contributed by atoms with van der Waals surface area (Å²) in [4.78, 5) is 4.95. The van der Waals surface area contributed by atoms with Crippen LogP contribution in [0.4, 0.5) is 0 Å². The first-order chi connectivity index (χ1) is 8.43. The molecule has 0 aliphatic carbocycles. The summed E-state index contributed by atoms with van der Waals surface area (Å²) in [5.74, 6) is 0. The summed E-state index contributed by atoms with van der Waals surface area (Å²) in [6.45, 7) is 6.35. The number of rotatable bonds is 3. The lowest BCUT2D eigenvalue weighted by Crippen LogP contribution is -3.14. The highest BCUT2D eigenvalue weighted by Crippen LogP contribution is 2.04. The van der Waals surface area contributed by atoms with Gasteiger partial charge in [-0.3, -0.25) is 0 Å². The molecule has 1 aromatic heterocycles. The van der Waals surface area contributed by atoms with Crippen LogP contribution in [0.5, 0.6) is 0 Å². The van der Waals surface area contributed by atoms with Gasteiger partial charge >= 0.3 is 0 Å². The summed E-state index contributed by atoms with van der Waals surface area (Å²) in [5.41, 5.74) is 2.50. The zero-order valence-electron chi connectivity index (χ0n) is 10.7. The normalized spacial score (nSPS) is 15.8. The molecular weight excluding hydrogens is 285 g/mol. The Bertz CT molecular complexity index is 497. The first kappa shape index (κ1) is 16.2. The number of aromatic nitrogens is 2. The topological polar surface area (TPSA) is 33.3 Å². The molecule has 0 atom stereocenters. The molecule has 2 aromatic rings. The van der Waals surface area contributed by atoms with Crippen molar-refractivity contribution >= 4 is 11.0 Å². The number of morpholine rings is 1. The third kappa shape index (κ3) is 3.83. The number of para-hydroxylation sites is 2. The second-order valence-corrected chi connectivity index (χ2v) is 4.60. The van der Waals surface area contributed by atoms with Crippen molar-refractivity contribution in [3.63, 3.8) is 0 Å². The molecule has 0 radical (unpaired) electrons. The SMILES string of the molecule is [Cl-].[Cl-].c1ccc2c(c1)[nH]c[n+]2CC[NH+]1CCOCC1. The fourth-order valence-corrected chi connectivity index (χ4v) is 2.44. The second kappa shape index (κ2) is 7.70. The van der Waals surface area contributed by atoms with Crippen LogP contribution < -0.4 is 34.3 Å². The monoisotopic (exact) mass is 303 g/mol. The van der Waals surface area contributed by atoms with Crippen molar-refractivity contribution < 1.29 is 39.0 Å². The Morgan fingerprint density at radius 2 is 1.89 bits per heavy atom. The van der Waals surface area contributed by atoms with E-state index in [1.54, 1.807) is 4.90 Å². The molecule has 4 nitrogen and oxygen atoms in total. The number of benzene rings is 1. The largest absolute Gasteiger partial charge is 1.00 e. The van der Waals surface area contributed by atoms with Crippen molar-refractivity contribution in [3.05, 3.63) is 30.6 Å². The molecule has 106 valence electrons. The predicted octanol–water partition coefficient (Wildman–Crippen LogP) is -6.62. The van der Waals surface area contributed by atoms with Gasteiger partial charge in [-0.1, -0.05) is 12.1 Å². The molecule has 1 aromatic carbocycles. The van der Waals surface area contributed by atoms with E-state index in [0.717, 1.165) is 32.8 Å². The number of halogens is 2. The highest BCUT2D eigenvalue weighted by atomic mass is 35.5. The maximum absolute atomic E-state index is 5.37. The minimum absolute atomic E-state index is 0. The van der Waals surface area contributed by atoms with E-state index in [1.165, 1.54) is 17.6 Å². The Morgan fingerprint density at radius 3 is 2.68 bits per heavy atom. The second-order valence-electron chi connectivity index (χ2n) is 4.60. The minimum atomic E-state index is 0. The van der Waals surface area contributed by atoms with Crippen LogP contribution in [0, 0.1) is 0 Å². The van der Waals surface area contributed by atoms with Crippen LogP contribution in [0.15, 0.2) is 30.6 Å². The van der Waals surface area contributed by atoms with E-state index < -0.39 is 0 Å². The Kier molecular flexibility index (Phi) is 6.58. The van der Waals surface area contributed by atoms with E-state index in [0.29, 0.717) is 0 Å². The standard InChI is InChI=1S/C13H17N3O.2ClH/c1-2-4-13-12(3-1)14-11-16(13)6-5-15-7-9-17-10-8-15;;/h1-4,11H,5-10H2;2*1H. The quantitative estimate of drug-likeness (QED) is 0.543. The van der Waals surface area contributed by atoms with Crippen LogP contribution in [0.25, 0.3) is 11.0 Å². The Labute approximate surface area is 125 Å². The van der Waals surface area contributed by atoms with Gasteiger partial charge in [-0.05, 0) is 12.1 Å². The number of imidazole rings is 1. The number of hydrogen-bond acceptors (Lipinski definition) is 1. The van der Waals surface area contributed by atoms with Crippen LogP contribution in [0.3, 0.4) is 0 Å². The molecule has 0 amide bonds. The lowest BCUT2D eigenvalue weighted by molar-refractivity contribution is -0.924. The van der Waals surface area contributed by atoms with E-state index >= 15 is 0 Å². The number of nitrogens with one attached hydrogen (secondary N) is 2. The fraction of sp³-hybridized carbons (Fsp3) is 0.462. The molecule has 1 saturated heterocycles. The summed E-state index contributed by atoms with van der Waals surface area (Å²) >= 11 is 0. The summed E-state index contributed by atoms with van der Waals surface area (Å²) in [6, 6.07) is 8.44. The predicted molar refractivity (Wildman–Crippen MR) is 64.9 cm³/mol. The van der Waals surface area contributed by atoms with E-state index in [4.69, 9.17) is 4.74 Å². The van der Waals surface area contributed by atoms with E-state index in [9.17, 15) is 0 Å². The van der Waals surface area contributed by atoms with E-state index in [-0.39, 0.29) is 24.8 Å². The van der Waals surface area contributed by atoms with Crippen molar-refractivity contribution in [1.82, 2.24) is 4.98 Å². The molecule has 6 heteroatoms. The minimum Gasteiger partial charge on any atom is -1.00 e. The molecule has 0 saturated carbocycles. The van der Waals surface area contributed by atoms with Crippen molar-refractivity contribution in [3.8, 4) is 0 Å². The van der Waals surface area contributed by atoms with Gasteiger partial charge in [-0.25, -0.2) is 9.55 Å². The molecule has 0 unspecified atom stereocenters. The number of aromatic amines is 1. The van der Waals surface area contributed by atoms with Crippen LogP contribution in [0.1, 0.15) is 0 Å². The molecule has 0 spiro atoms. The van der Waals surface area contributed by atoms with Crippen LogP contribution in [-0.2, 0) is 11.3 Å². The molecule has 3 rings (SSSR count). The zero-order valence-corrected chi connectivity index (χ0v) is 12.3. The van der Waals surface area contributed by atoms with Crippen molar-refractivity contribution in [2.24, 2.45) is 0 Å². The van der Waals surface area contributed by atoms with Gasteiger partial charge in [0.1, 0.15) is 26.2 Å². The van der Waals surface area contributed by atoms with E-state index in [2.05, 4.69) is 40.1 Å². The van der Waals surface area contributed by atoms with Crippen LogP contribution in [0.2, 0.25) is 0 Å². The average Bonchev–Trinajstić information content (AvgIpc) is 2.81. The summed E-state index contributed by atoms with van der Waals surface area (Å²) in [6.07, 6.45) is 2.07. The molecular formula is C13H19Cl2N3O. The van der Waals surface area contributed by atoms with Gasteiger partial charge in [0.25, 0.3) is 0 Å². The molecule has 2 heterocycles. The molecule has 1 aliphatic heterocycles. The number of fused-ring (bicyclic) bond motifs is 1. The number of ether oxygens (including phenoxy) is 1. The van der Waals surface area contributed by atoms with Gasteiger partial charge in [0, 0.05) is 0 Å². The van der Waals surface area contributed by atoms with Crippen LogP contribution in [-0.4, -0.2) is 37.8 Å². The number of nitrogens with zero attached hydrogens (tertiary/aromatic N) is 1. The Balaban J connectivity index is 0.000000902. The third-order valence-electron chi connectivity index (χ3n) is 3.50. The van der Waals surface area contributed by atoms with Crippen molar-refractivity contribution in [1.29, 1.82) is 0 Å². The smallest absolute Gasteiger partial charge is 0.242 e. The first-order valence-corrected chi connectivity index (χ1v) is 6.30. The first-order valence-electron chi connectivity index (χ1n) is 6.30. The lowest BCUT2D eigenvalue weighted by atomic mass is 10.3. The summed E-state index contributed by atoms with van der Waals surface area (Å²) < 4.78 is 7.68. The summed E-state index contributed by atoms with van der Waals surface area (Å²) in [5, 5.41) is 0. The van der Waals surface area contributed by atoms with Crippen molar-refractivity contribution in [2.75, 3.05) is 32.8 Å². The molecule has 0 bridgehead atoms. The van der Waals surface area contributed by atoms with Gasteiger partial charge in [0.2, 0.25) is 6.33 Å². The number of quaternary nitrogens is 1. The summed E-state index contributed by atoms with van der Waals surface area (Å²) in [7, 11) is 0. The maximum atomic E-state index is 5.37. The van der Waals surface area contributed by atoms with Gasteiger partial charge < -0.3 is 34.5 Å². The highest BCUT2D eigenvalue weighted by Gasteiger charge is 2.16. The van der Waals surface area contributed by atoms with Gasteiger partial charge in [-0.15, -0.1) is 0 Å². The van der Waals surface area contributed by atoms with Gasteiger partial charge in [-0.2, -0.15) is 0 Å². The highest BCUT2D eigenvalue weighted by molar-refractivity contribution is 5.70. The maximum Gasteiger partial charge on any atom is 0.242 e. The molecule has 2 N–H and O–H groups in total. The molecule has 19 heavy (non-hydrogen) atoms. The van der Waals surface area contributed by atoms with Crippen LogP contribution >= 0.6 is 0 Å². The fourth-order valence-electron chi connectivity index (χ4n) is 2.44. The molecule has 1 fully saturated rings. The number of hydrogen-bond donors (Lipinski definition) is 2. The van der Waals surface area contributed by atoms with Gasteiger partial charge in [0.15, 0.2) is 11.0 Å². The van der Waals surface area contributed by atoms with E-state index in [1.807, 2.05) is 0 Å². The molecule has 1 aliphatic rings. The average molecular weight is 304 g/mol. The zero-order chi connectivity index (χ0) is 11.5. The van der Waals surface area contributed by atoms with Crippen molar-refractivity contribution in [2.45, 2.75) is 6.54 Å². The lowest BCUT2D eigenvalue weighted by Gasteiger charge is -2.22. The Hall–Kier alpha value is -0.810. The Morgan fingerprint density at radius 1 is 1.16 bits per heavy atom. The van der Waals surface area contributed by atoms with Gasteiger partial charge in [0.05, 0.1) is 13.2 Å². The number of H-pyrrole nitrogens is 1.